The van der Waals surface area contributed by atoms with Crippen LogP contribution in [0.25, 0.3) is 0 Å². The summed E-state index contributed by atoms with van der Waals surface area (Å²) in [7, 11) is 1.72. The number of likely N-dealkylation sites (N-methyl/N-ethyl adjacent to an activating group) is 1. The summed E-state index contributed by atoms with van der Waals surface area (Å²) in [5.74, 6) is -0.401. The molecule has 104 valence electrons. The SMILES string of the molecule is CN(C(=O)Cc1cccc(F)c1)C1CCCCC1O. The van der Waals surface area contributed by atoms with Gasteiger partial charge in [0.15, 0.2) is 0 Å². The number of rotatable bonds is 3. The molecule has 0 aromatic heterocycles. The first kappa shape index (κ1) is 14.0. The van der Waals surface area contributed by atoms with Crippen molar-refractivity contribution in [2.45, 2.75) is 44.2 Å². The lowest BCUT2D eigenvalue weighted by Crippen LogP contribution is -2.46. The summed E-state index contributed by atoms with van der Waals surface area (Å²) in [6.45, 7) is 0. The Morgan fingerprint density at radius 2 is 2.16 bits per heavy atom. The lowest BCUT2D eigenvalue weighted by molar-refractivity contribution is -0.134. The number of aliphatic hydroxyl groups is 1. The molecule has 1 saturated carbocycles. The smallest absolute Gasteiger partial charge is 0.227 e. The van der Waals surface area contributed by atoms with Crippen LogP contribution in [0.4, 0.5) is 4.39 Å². The predicted molar refractivity (Wildman–Crippen MR) is 71.1 cm³/mol. The zero-order chi connectivity index (χ0) is 13.8. The molecule has 0 radical (unpaired) electrons. The maximum atomic E-state index is 13.1. The molecular weight excluding hydrogens is 245 g/mol. The monoisotopic (exact) mass is 265 g/mol. The van der Waals surface area contributed by atoms with Gasteiger partial charge in [-0.15, -0.1) is 0 Å². The van der Waals surface area contributed by atoms with Crippen molar-refractivity contribution in [2.24, 2.45) is 0 Å². The third kappa shape index (κ3) is 3.53. The Morgan fingerprint density at radius 1 is 1.42 bits per heavy atom. The van der Waals surface area contributed by atoms with E-state index in [4.69, 9.17) is 0 Å². The fraction of sp³-hybridized carbons (Fsp3) is 0.533. The molecule has 1 aromatic rings. The number of aliphatic hydroxyl groups excluding tert-OH is 1. The van der Waals surface area contributed by atoms with E-state index in [1.54, 1.807) is 24.1 Å². The van der Waals surface area contributed by atoms with Crippen molar-refractivity contribution in [3.05, 3.63) is 35.6 Å². The molecule has 1 N–H and O–H groups in total. The zero-order valence-corrected chi connectivity index (χ0v) is 11.2. The van der Waals surface area contributed by atoms with Crippen molar-refractivity contribution in [1.82, 2.24) is 4.90 Å². The molecule has 2 unspecified atom stereocenters. The predicted octanol–water partition coefficient (Wildman–Crippen LogP) is 2.13. The number of carbonyl (C=O) groups is 1. The summed E-state index contributed by atoms with van der Waals surface area (Å²) in [4.78, 5) is 13.8. The average molecular weight is 265 g/mol. The van der Waals surface area contributed by atoms with Crippen molar-refractivity contribution in [3.8, 4) is 0 Å². The van der Waals surface area contributed by atoms with Gasteiger partial charge in [-0.25, -0.2) is 4.39 Å². The number of carbonyl (C=O) groups excluding carboxylic acids is 1. The van der Waals surface area contributed by atoms with Crippen LogP contribution >= 0.6 is 0 Å². The van der Waals surface area contributed by atoms with Gasteiger partial charge in [0.2, 0.25) is 5.91 Å². The standard InChI is InChI=1S/C15H20FNO2/c1-17(13-7-2-3-8-14(13)18)15(19)10-11-5-4-6-12(16)9-11/h4-6,9,13-14,18H,2-3,7-8,10H2,1H3. The Labute approximate surface area is 113 Å². The highest BCUT2D eigenvalue weighted by Crippen LogP contribution is 2.23. The number of amides is 1. The maximum absolute atomic E-state index is 13.1. The minimum Gasteiger partial charge on any atom is -0.391 e. The molecule has 1 aromatic carbocycles. The van der Waals surface area contributed by atoms with Crippen molar-refractivity contribution in [1.29, 1.82) is 0 Å². The van der Waals surface area contributed by atoms with Crippen molar-refractivity contribution >= 4 is 5.91 Å². The van der Waals surface area contributed by atoms with Gasteiger partial charge >= 0.3 is 0 Å². The van der Waals surface area contributed by atoms with Crippen LogP contribution in [0.3, 0.4) is 0 Å². The Bertz CT molecular complexity index is 450. The summed E-state index contributed by atoms with van der Waals surface area (Å²) in [5, 5.41) is 9.94. The molecule has 2 rings (SSSR count). The maximum Gasteiger partial charge on any atom is 0.227 e. The lowest BCUT2D eigenvalue weighted by Gasteiger charge is -2.35. The number of hydrogen-bond acceptors (Lipinski definition) is 2. The van der Waals surface area contributed by atoms with Crippen molar-refractivity contribution < 1.29 is 14.3 Å². The van der Waals surface area contributed by atoms with Crippen LogP contribution in [0.5, 0.6) is 0 Å². The van der Waals surface area contributed by atoms with Crippen LogP contribution in [0.2, 0.25) is 0 Å². The molecule has 1 aliphatic carbocycles. The lowest BCUT2D eigenvalue weighted by atomic mass is 9.91. The summed E-state index contributed by atoms with van der Waals surface area (Å²) < 4.78 is 13.1. The highest BCUT2D eigenvalue weighted by atomic mass is 19.1. The zero-order valence-electron chi connectivity index (χ0n) is 11.2. The normalized spacial score (nSPS) is 23.1. The molecule has 1 fully saturated rings. The molecule has 0 saturated heterocycles. The van der Waals surface area contributed by atoms with Crippen molar-refractivity contribution in [3.63, 3.8) is 0 Å². The van der Waals surface area contributed by atoms with Crippen LogP contribution in [0.1, 0.15) is 31.2 Å². The van der Waals surface area contributed by atoms with Gasteiger partial charge in [0.1, 0.15) is 5.82 Å². The summed E-state index contributed by atoms with van der Waals surface area (Å²) in [5.41, 5.74) is 0.669. The minimum absolute atomic E-state index is 0.0726. The van der Waals surface area contributed by atoms with Gasteiger partial charge in [-0.1, -0.05) is 25.0 Å². The van der Waals surface area contributed by atoms with Crippen LogP contribution in [0.15, 0.2) is 24.3 Å². The van der Waals surface area contributed by atoms with E-state index in [0.717, 1.165) is 25.7 Å². The molecule has 0 aliphatic heterocycles. The first-order valence-electron chi connectivity index (χ1n) is 6.76. The third-order valence-electron chi connectivity index (χ3n) is 3.83. The van der Waals surface area contributed by atoms with Crippen LogP contribution < -0.4 is 0 Å². The van der Waals surface area contributed by atoms with Crippen molar-refractivity contribution in [2.75, 3.05) is 7.05 Å². The molecule has 3 nitrogen and oxygen atoms in total. The van der Waals surface area contributed by atoms with E-state index in [1.807, 2.05) is 0 Å². The molecule has 2 atom stereocenters. The van der Waals surface area contributed by atoms with Crippen LogP contribution in [-0.2, 0) is 11.2 Å². The average Bonchev–Trinajstić information content (AvgIpc) is 2.38. The second kappa shape index (κ2) is 6.15. The fourth-order valence-electron chi connectivity index (χ4n) is 2.67. The number of halogens is 1. The van der Waals surface area contributed by atoms with Gasteiger partial charge in [-0.3, -0.25) is 4.79 Å². The summed E-state index contributed by atoms with van der Waals surface area (Å²) in [6, 6.07) is 5.99. The largest absolute Gasteiger partial charge is 0.391 e. The Balaban J connectivity index is 1.99. The van der Waals surface area contributed by atoms with E-state index >= 15 is 0 Å². The molecule has 4 heteroatoms. The minimum atomic E-state index is -0.435. The van der Waals surface area contributed by atoms with Crippen LogP contribution in [0, 0.1) is 5.82 Å². The number of nitrogens with zero attached hydrogens (tertiary/aromatic N) is 1. The van der Waals surface area contributed by atoms with E-state index in [1.165, 1.54) is 12.1 Å². The van der Waals surface area contributed by atoms with E-state index < -0.39 is 6.10 Å². The summed E-state index contributed by atoms with van der Waals surface area (Å²) in [6.07, 6.45) is 3.39. The highest BCUT2D eigenvalue weighted by Gasteiger charge is 2.29. The molecule has 0 spiro atoms. The Kier molecular flexibility index (Phi) is 4.53. The second-order valence-electron chi connectivity index (χ2n) is 5.23. The van der Waals surface area contributed by atoms with Gasteiger partial charge in [-0.05, 0) is 30.5 Å². The van der Waals surface area contributed by atoms with E-state index in [2.05, 4.69) is 0 Å². The first-order chi connectivity index (χ1) is 9.08. The third-order valence-corrected chi connectivity index (χ3v) is 3.83. The van der Waals surface area contributed by atoms with E-state index in [-0.39, 0.29) is 24.2 Å². The molecule has 0 bridgehead atoms. The Hall–Kier alpha value is -1.42. The molecule has 1 aliphatic rings. The van der Waals surface area contributed by atoms with E-state index in [9.17, 15) is 14.3 Å². The molecule has 1 amide bonds. The quantitative estimate of drug-likeness (QED) is 0.909. The van der Waals surface area contributed by atoms with Gasteiger partial charge in [0, 0.05) is 7.05 Å². The molecular formula is C15H20FNO2. The molecule has 19 heavy (non-hydrogen) atoms. The van der Waals surface area contributed by atoms with Gasteiger partial charge in [0.25, 0.3) is 0 Å². The second-order valence-corrected chi connectivity index (χ2v) is 5.23. The number of benzene rings is 1. The molecule has 0 heterocycles. The first-order valence-corrected chi connectivity index (χ1v) is 6.76. The van der Waals surface area contributed by atoms with Gasteiger partial charge in [-0.2, -0.15) is 0 Å². The Morgan fingerprint density at radius 3 is 2.84 bits per heavy atom. The summed E-state index contributed by atoms with van der Waals surface area (Å²) >= 11 is 0. The van der Waals surface area contributed by atoms with Gasteiger partial charge < -0.3 is 10.0 Å². The fourth-order valence-corrected chi connectivity index (χ4v) is 2.67. The topological polar surface area (TPSA) is 40.5 Å². The number of hydrogen-bond donors (Lipinski definition) is 1. The highest BCUT2D eigenvalue weighted by molar-refractivity contribution is 5.78. The van der Waals surface area contributed by atoms with E-state index in [0.29, 0.717) is 5.56 Å². The van der Waals surface area contributed by atoms with Crippen LogP contribution in [-0.4, -0.2) is 35.1 Å². The van der Waals surface area contributed by atoms with Gasteiger partial charge in [0.05, 0.1) is 18.6 Å².